The third kappa shape index (κ3) is 3.13. The maximum atomic E-state index is 12.1. The molecule has 0 bridgehead atoms. The van der Waals surface area contributed by atoms with E-state index in [1.807, 2.05) is 43.3 Å². The Morgan fingerprint density at radius 1 is 1.00 bits per heavy atom. The number of hydrogen-bond acceptors (Lipinski definition) is 2. The van der Waals surface area contributed by atoms with Crippen LogP contribution in [0.4, 0.5) is 0 Å². The molecule has 1 amide bonds. The Morgan fingerprint density at radius 2 is 1.63 bits per heavy atom. The van der Waals surface area contributed by atoms with Crippen molar-refractivity contribution in [2.24, 2.45) is 0 Å². The molecule has 2 aromatic rings. The lowest BCUT2D eigenvalue weighted by Crippen LogP contribution is -2.22. The molecule has 0 saturated heterocycles. The molecular formula is C16H17NO2. The molecule has 0 fully saturated rings. The van der Waals surface area contributed by atoms with Gasteiger partial charge in [0.25, 0.3) is 5.91 Å². The minimum atomic E-state index is -0.0669. The van der Waals surface area contributed by atoms with E-state index < -0.39 is 0 Å². The molecule has 0 atom stereocenters. The van der Waals surface area contributed by atoms with E-state index in [1.165, 1.54) is 10.5 Å². The highest BCUT2D eigenvalue weighted by molar-refractivity contribution is 5.96. The van der Waals surface area contributed by atoms with Crippen molar-refractivity contribution in [3.8, 4) is 11.5 Å². The third-order valence-corrected chi connectivity index (χ3v) is 2.77. The van der Waals surface area contributed by atoms with Crippen LogP contribution in [0.5, 0.6) is 11.5 Å². The molecule has 0 aromatic heterocycles. The van der Waals surface area contributed by atoms with Crippen molar-refractivity contribution in [1.82, 2.24) is 4.90 Å². The minimum absolute atomic E-state index is 0.0669. The van der Waals surface area contributed by atoms with Gasteiger partial charge in [-0.1, -0.05) is 29.8 Å². The number of ether oxygens (including phenoxy) is 1. The van der Waals surface area contributed by atoms with Gasteiger partial charge in [-0.05, 0) is 31.2 Å². The second kappa shape index (κ2) is 5.57. The van der Waals surface area contributed by atoms with Gasteiger partial charge in [0.2, 0.25) is 0 Å². The van der Waals surface area contributed by atoms with Crippen LogP contribution >= 0.6 is 0 Å². The first-order valence-corrected chi connectivity index (χ1v) is 6.13. The monoisotopic (exact) mass is 255 g/mol. The zero-order valence-corrected chi connectivity index (χ0v) is 11.4. The molecule has 0 saturated carbocycles. The van der Waals surface area contributed by atoms with Gasteiger partial charge < -0.3 is 9.64 Å². The van der Waals surface area contributed by atoms with Gasteiger partial charge in [0.15, 0.2) is 0 Å². The Labute approximate surface area is 113 Å². The van der Waals surface area contributed by atoms with Crippen LogP contribution in [0.15, 0.2) is 48.5 Å². The fourth-order valence-electron chi connectivity index (χ4n) is 1.71. The van der Waals surface area contributed by atoms with Gasteiger partial charge in [0.1, 0.15) is 11.5 Å². The molecule has 3 nitrogen and oxygen atoms in total. The molecule has 2 aromatic carbocycles. The van der Waals surface area contributed by atoms with E-state index in [9.17, 15) is 4.79 Å². The Balaban J connectivity index is 2.30. The molecule has 0 unspecified atom stereocenters. The third-order valence-electron chi connectivity index (χ3n) is 2.77. The zero-order chi connectivity index (χ0) is 13.8. The van der Waals surface area contributed by atoms with Crippen molar-refractivity contribution >= 4 is 5.91 Å². The van der Waals surface area contributed by atoms with Crippen molar-refractivity contribution in [1.29, 1.82) is 0 Å². The fourth-order valence-corrected chi connectivity index (χ4v) is 1.71. The normalized spacial score (nSPS) is 10.1. The van der Waals surface area contributed by atoms with Crippen LogP contribution in [0.25, 0.3) is 0 Å². The summed E-state index contributed by atoms with van der Waals surface area (Å²) < 4.78 is 5.79. The molecule has 0 aliphatic carbocycles. The number of hydrogen-bond donors (Lipinski definition) is 0. The summed E-state index contributed by atoms with van der Waals surface area (Å²) in [5, 5.41) is 0. The number of rotatable bonds is 3. The maximum Gasteiger partial charge on any atom is 0.257 e. The van der Waals surface area contributed by atoms with Gasteiger partial charge in [0.05, 0.1) is 5.56 Å². The Kier molecular flexibility index (Phi) is 3.85. The molecule has 0 aliphatic rings. The molecule has 0 N–H and O–H groups in total. The number of amides is 1. The predicted molar refractivity (Wildman–Crippen MR) is 75.7 cm³/mol. The smallest absolute Gasteiger partial charge is 0.257 e. The summed E-state index contributed by atoms with van der Waals surface area (Å²) in [6.07, 6.45) is 0. The Bertz CT molecular complexity index is 574. The summed E-state index contributed by atoms with van der Waals surface area (Å²) in [7, 11) is 3.45. The first kappa shape index (κ1) is 13.1. The van der Waals surface area contributed by atoms with E-state index in [4.69, 9.17) is 4.74 Å². The van der Waals surface area contributed by atoms with Crippen LogP contribution in [-0.2, 0) is 0 Å². The predicted octanol–water partition coefficient (Wildman–Crippen LogP) is 3.49. The van der Waals surface area contributed by atoms with E-state index in [0.29, 0.717) is 11.3 Å². The molecule has 0 radical (unpaired) electrons. The zero-order valence-electron chi connectivity index (χ0n) is 11.4. The van der Waals surface area contributed by atoms with Gasteiger partial charge in [0, 0.05) is 14.1 Å². The summed E-state index contributed by atoms with van der Waals surface area (Å²) in [6, 6.07) is 15.0. The van der Waals surface area contributed by atoms with Gasteiger partial charge in [-0.3, -0.25) is 4.79 Å². The highest BCUT2D eigenvalue weighted by Gasteiger charge is 2.14. The van der Waals surface area contributed by atoms with Crippen LogP contribution < -0.4 is 4.74 Å². The SMILES string of the molecule is Cc1ccc(Oc2ccccc2C(=O)N(C)C)cc1. The number of nitrogens with zero attached hydrogens (tertiary/aromatic N) is 1. The lowest BCUT2D eigenvalue weighted by Gasteiger charge is -2.14. The van der Waals surface area contributed by atoms with E-state index in [0.717, 1.165) is 5.75 Å². The average Bonchev–Trinajstić information content (AvgIpc) is 2.41. The van der Waals surface area contributed by atoms with E-state index in [-0.39, 0.29) is 5.91 Å². The molecule has 2 rings (SSSR count). The molecule has 0 spiro atoms. The van der Waals surface area contributed by atoms with Gasteiger partial charge in [-0.2, -0.15) is 0 Å². The molecule has 19 heavy (non-hydrogen) atoms. The van der Waals surface area contributed by atoms with Crippen molar-refractivity contribution in [2.45, 2.75) is 6.92 Å². The van der Waals surface area contributed by atoms with Gasteiger partial charge in [-0.25, -0.2) is 0 Å². The van der Waals surface area contributed by atoms with Crippen molar-refractivity contribution in [2.75, 3.05) is 14.1 Å². The van der Waals surface area contributed by atoms with Gasteiger partial charge in [-0.15, -0.1) is 0 Å². The standard InChI is InChI=1S/C16H17NO2/c1-12-8-10-13(11-9-12)19-15-7-5-4-6-14(15)16(18)17(2)3/h4-11H,1-3H3. The van der Waals surface area contributed by atoms with E-state index in [1.54, 1.807) is 26.2 Å². The molecule has 98 valence electrons. The van der Waals surface area contributed by atoms with E-state index in [2.05, 4.69) is 0 Å². The van der Waals surface area contributed by atoms with Crippen LogP contribution in [0.3, 0.4) is 0 Å². The van der Waals surface area contributed by atoms with E-state index >= 15 is 0 Å². The van der Waals surface area contributed by atoms with Crippen molar-refractivity contribution < 1.29 is 9.53 Å². The quantitative estimate of drug-likeness (QED) is 0.840. The summed E-state index contributed by atoms with van der Waals surface area (Å²) in [5.41, 5.74) is 1.73. The molecule has 3 heteroatoms. The Morgan fingerprint density at radius 3 is 2.26 bits per heavy atom. The highest BCUT2D eigenvalue weighted by atomic mass is 16.5. The van der Waals surface area contributed by atoms with Crippen molar-refractivity contribution in [3.05, 3.63) is 59.7 Å². The van der Waals surface area contributed by atoms with Crippen LogP contribution in [-0.4, -0.2) is 24.9 Å². The number of benzene rings is 2. The number of para-hydroxylation sites is 1. The number of carbonyl (C=O) groups excluding carboxylic acids is 1. The largest absolute Gasteiger partial charge is 0.457 e. The lowest BCUT2D eigenvalue weighted by atomic mass is 10.2. The van der Waals surface area contributed by atoms with Crippen LogP contribution in [0.1, 0.15) is 15.9 Å². The second-order valence-electron chi connectivity index (χ2n) is 4.61. The first-order valence-electron chi connectivity index (χ1n) is 6.13. The first-order chi connectivity index (χ1) is 9.08. The number of aryl methyl sites for hydroxylation is 1. The second-order valence-corrected chi connectivity index (χ2v) is 4.61. The molecule has 0 heterocycles. The summed E-state index contributed by atoms with van der Waals surface area (Å²) in [6.45, 7) is 2.02. The highest BCUT2D eigenvalue weighted by Crippen LogP contribution is 2.26. The number of carbonyl (C=O) groups is 1. The summed E-state index contributed by atoms with van der Waals surface area (Å²) >= 11 is 0. The van der Waals surface area contributed by atoms with Crippen LogP contribution in [0.2, 0.25) is 0 Å². The Hall–Kier alpha value is -2.29. The summed E-state index contributed by atoms with van der Waals surface area (Å²) in [4.78, 5) is 13.6. The fraction of sp³-hybridized carbons (Fsp3) is 0.188. The average molecular weight is 255 g/mol. The van der Waals surface area contributed by atoms with Gasteiger partial charge >= 0.3 is 0 Å². The maximum absolute atomic E-state index is 12.1. The summed E-state index contributed by atoms with van der Waals surface area (Å²) in [5.74, 6) is 1.23. The van der Waals surface area contributed by atoms with Crippen LogP contribution in [0, 0.1) is 6.92 Å². The topological polar surface area (TPSA) is 29.5 Å². The lowest BCUT2D eigenvalue weighted by molar-refractivity contribution is 0.0825. The van der Waals surface area contributed by atoms with Crippen molar-refractivity contribution in [3.63, 3.8) is 0 Å². The molecule has 0 aliphatic heterocycles. The minimum Gasteiger partial charge on any atom is -0.457 e. The molecular weight excluding hydrogens is 238 g/mol.